The summed E-state index contributed by atoms with van der Waals surface area (Å²) in [6.45, 7) is 0.0810. The van der Waals surface area contributed by atoms with Crippen molar-refractivity contribution in [3.63, 3.8) is 0 Å². The summed E-state index contributed by atoms with van der Waals surface area (Å²) in [6, 6.07) is 9.90. The molecule has 0 saturated carbocycles. The third-order valence-electron chi connectivity index (χ3n) is 2.02. The largest absolute Gasteiger partial charge is 0.396 e. The third kappa shape index (κ3) is 2.37. The second-order valence-electron chi connectivity index (χ2n) is 3.08. The molecule has 15 heavy (non-hydrogen) atoms. The first-order valence-electron chi connectivity index (χ1n) is 4.62. The van der Waals surface area contributed by atoms with Crippen molar-refractivity contribution in [1.82, 2.24) is 4.98 Å². The van der Waals surface area contributed by atoms with Crippen LogP contribution in [0.5, 0.6) is 0 Å². The van der Waals surface area contributed by atoms with Crippen molar-refractivity contribution >= 4 is 22.9 Å². The summed E-state index contributed by atoms with van der Waals surface area (Å²) < 4.78 is 0.669. The Morgan fingerprint density at radius 3 is 2.67 bits per heavy atom. The number of thiazole rings is 1. The van der Waals surface area contributed by atoms with E-state index in [9.17, 15) is 0 Å². The molecule has 78 valence electrons. The fourth-order valence-corrected chi connectivity index (χ4v) is 2.50. The highest BCUT2D eigenvalue weighted by molar-refractivity contribution is 7.19. The quantitative estimate of drug-likeness (QED) is 0.893. The lowest BCUT2D eigenvalue weighted by Gasteiger charge is -1.93. The van der Waals surface area contributed by atoms with Gasteiger partial charge in [-0.1, -0.05) is 41.9 Å². The number of benzene rings is 1. The molecule has 0 aliphatic rings. The van der Waals surface area contributed by atoms with E-state index < -0.39 is 0 Å². The van der Waals surface area contributed by atoms with Crippen molar-refractivity contribution in [3.8, 4) is 10.6 Å². The predicted molar refractivity (Wildman–Crippen MR) is 63.3 cm³/mol. The first-order chi connectivity index (χ1) is 7.31. The number of nitrogens with zero attached hydrogens (tertiary/aromatic N) is 1. The van der Waals surface area contributed by atoms with Crippen LogP contribution in [0.25, 0.3) is 10.6 Å². The van der Waals surface area contributed by atoms with E-state index in [1.54, 1.807) is 0 Å². The SMILES string of the molecule is OCCc1nc(-c2ccccc2)sc1Cl. The van der Waals surface area contributed by atoms with Crippen LogP contribution in [0, 0.1) is 0 Å². The predicted octanol–water partition coefficient (Wildman–Crippen LogP) is 3.00. The molecular formula is C11H10ClNOS. The van der Waals surface area contributed by atoms with Gasteiger partial charge in [-0.05, 0) is 0 Å². The lowest BCUT2D eigenvalue weighted by Crippen LogP contribution is -1.91. The van der Waals surface area contributed by atoms with Crippen LogP contribution in [0.3, 0.4) is 0 Å². The average Bonchev–Trinajstić information content (AvgIpc) is 2.63. The van der Waals surface area contributed by atoms with E-state index in [0.717, 1.165) is 16.3 Å². The maximum absolute atomic E-state index is 8.83. The van der Waals surface area contributed by atoms with Crippen molar-refractivity contribution < 1.29 is 5.11 Å². The van der Waals surface area contributed by atoms with Gasteiger partial charge in [0.05, 0.1) is 5.69 Å². The van der Waals surface area contributed by atoms with E-state index in [1.807, 2.05) is 30.3 Å². The molecule has 0 radical (unpaired) electrons. The number of hydrogen-bond acceptors (Lipinski definition) is 3. The van der Waals surface area contributed by atoms with Gasteiger partial charge in [-0.15, -0.1) is 11.3 Å². The molecule has 0 fully saturated rings. The van der Waals surface area contributed by atoms with Crippen LogP contribution in [0.15, 0.2) is 30.3 Å². The van der Waals surface area contributed by atoms with Crippen molar-refractivity contribution in [1.29, 1.82) is 0 Å². The Morgan fingerprint density at radius 2 is 2.00 bits per heavy atom. The van der Waals surface area contributed by atoms with Gasteiger partial charge in [0.25, 0.3) is 0 Å². The zero-order valence-electron chi connectivity index (χ0n) is 7.98. The van der Waals surface area contributed by atoms with Crippen LogP contribution >= 0.6 is 22.9 Å². The van der Waals surface area contributed by atoms with Crippen LogP contribution in [-0.2, 0) is 6.42 Å². The molecule has 1 N–H and O–H groups in total. The minimum Gasteiger partial charge on any atom is -0.396 e. The van der Waals surface area contributed by atoms with Crippen molar-refractivity contribution in [2.45, 2.75) is 6.42 Å². The normalized spacial score (nSPS) is 10.5. The highest BCUT2D eigenvalue weighted by Crippen LogP contribution is 2.31. The van der Waals surface area contributed by atoms with Gasteiger partial charge < -0.3 is 5.11 Å². The molecule has 0 amide bonds. The number of halogens is 1. The van der Waals surface area contributed by atoms with Gasteiger partial charge in [0.15, 0.2) is 0 Å². The van der Waals surface area contributed by atoms with Gasteiger partial charge >= 0.3 is 0 Å². The Morgan fingerprint density at radius 1 is 1.27 bits per heavy atom. The van der Waals surface area contributed by atoms with Gasteiger partial charge in [-0.2, -0.15) is 0 Å². The minimum atomic E-state index is 0.0810. The molecule has 1 heterocycles. The molecular weight excluding hydrogens is 230 g/mol. The molecule has 1 aromatic carbocycles. The highest BCUT2D eigenvalue weighted by Gasteiger charge is 2.09. The van der Waals surface area contributed by atoms with Crippen molar-refractivity contribution in [3.05, 3.63) is 40.4 Å². The Hall–Kier alpha value is -0.900. The molecule has 2 nitrogen and oxygen atoms in total. The fraction of sp³-hybridized carbons (Fsp3) is 0.182. The second kappa shape index (κ2) is 4.75. The van der Waals surface area contributed by atoms with Crippen molar-refractivity contribution in [2.24, 2.45) is 0 Å². The summed E-state index contributed by atoms with van der Waals surface area (Å²) in [7, 11) is 0. The Balaban J connectivity index is 2.34. The van der Waals surface area contributed by atoms with Gasteiger partial charge in [0.1, 0.15) is 9.34 Å². The van der Waals surface area contributed by atoms with E-state index in [-0.39, 0.29) is 6.61 Å². The van der Waals surface area contributed by atoms with E-state index in [0.29, 0.717) is 10.8 Å². The van der Waals surface area contributed by atoms with Crippen LogP contribution < -0.4 is 0 Å². The number of aliphatic hydroxyl groups excluding tert-OH is 1. The van der Waals surface area contributed by atoms with Gasteiger partial charge in [-0.3, -0.25) is 0 Å². The molecule has 4 heteroatoms. The summed E-state index contributed by atoms with van der Waals surface area (Å²) >= 11 is 7.47. The maximum atomic E-state index is 8.83. The van der Waals surface area contributed by atoms with Gasteiger partial charge in [0.2, 0.25) is 0 Å². The zero-order valence-corrected chi connectivity index (χ0v) is 9.55. The standard InChI is InChI=1S/C11H10ClNOS/c12-10-9(6-7-14)13-11(15-10)8-4-2-1-3-5-8/h1-5,14H,6-7H2. The number of aromatic nitrogens is 1. The Kier molecular flexibility index (Phi) is 3.36. The van der Waals surface area contributed by atoms with Crippen LogP contribution in [-0.4, -0.2) is 16.7 Å². The van der Waals surface area contributed by atoms with E-state index in [1.165, 1.54) is 11.3 Å². The summed E-state index contributed by atoms with van der Waals surface area (Å²) in [6.07, 6.45) is 0.516. The van der Waals surface area contributed by atoms with Crippen LogP contribution in [0.4, 0.5) is 0 Å². The van der Waals surface area contributed by atoms with Gasteiger partial charge in [0, 0.05) is 18.6 Å². The number of aliphatic hydroxyl groups is 1. The lowest BCUT2D eigenvalue weighted by atomic mass is 10.2. The fourth-order valence-electron chi connectivity index (χ4n) is 1.30. The monoisotopic (exact) mass is 239 g/mol. The van der Waals surface area contributed by atoms with Crippen molar-refractivity contribution in [2.75, 3.05) is 6.61 Å². The smallest absolute Gasteiger partial charge is 0.125 e. The molecule has 1 aromatic heterocycles. The summed E-state index contributed by atoms with van der Waals surface area (Å²) in [5.41, 5.74) is 1.84. The maximum Gasteiger partial charge on any atom is 0.125 e. The summed E-state index contributed by atoms with van der Waals surface area (Å²) in [5, 5.41) is 9.74. The zero-order chi connectivity index (χ0) is 10.7. The average molecular weight is 240 g/mol. The van der Waals surface area contributed by atoms with E-state index in [2.05, 4.69) is 4.98 Å². The van der Waals surface area contributed by atoms with Crippen LogP contribution in [0.2, 0.25) is 4.34 Å². The summed E-state index contributed by atoms with van der Waals surface area (Å²) in [5.74, 6) is 0. The van der Waals surface area contributed by atoms with Gasteiger partial charge in [-0.25, -0.2) is 4.98 Å². The molecule has 0 saturated heterocycles. The van der Waals surface area contributed by atoms with E-state index >= 15 is 0 Å². The Labute approximate surface area is 97.2 Å². The molecule has 0 atom stereocenters. The second-order valence-corrected chi connectivity index (χ2v) is 4.68. The number of rotatable bonds is 3. The first-order valence-corrected chi connectivity index (χ1v) is 5.82. The molecule has 0 spiro atoms. The molecule has 0 unspecified atom stereocenters. The highest BCUT2D eigenvalue weighted by atomic mass is 35.5. The van der Waals surface area contributed by atoms with E-state index in [4.69, 9.17) is 16.7 Å². The first kappa shape index (κ1) is 10.6. The molecule has 2 aromatic rings. The van der Waals surface area contributed by atoms with Crippen LogP contribution in [0.1, 0.15) is 5.69 Å². The Bertz CT molecular complexity index is 441. The third-order valence-corrected chi connectivity index (χ3v) is 3.40. The lowest BCUT2D eigenvalue weighted by molar-refractivity contribution is 0.298. The molecule has 0 aliphatic carbocycles. The molecule has 0 aliphatic heterocycles. The minimum absolute atomic E-state index is 0.0810. The summed E-state index contributed by atoms with van der Waals surface area (Å²) in [4.78, 5) is 4.40. The topological polar surface area (TPSA) is 33.1 Å². The number of hydrogen-bond donors (Lipinski definition) is 1. The molecule has 0 bridgehead atoms. The molecule has 2 rings (SSSR count).